The Morgan fingerprint density at radius 2 is 1.92 bits per heavy atom. The van der Waals surface area contributed by atoms with Crippen LogP contribution < -0.4 is 4.74 Å². The summed E-state index contributed by atoms with van der Waals surface area (Å²) >= 11 is 0. The lowest BCUT2D eigenvalue weighted by Gasteiger charge is -2.45. The zero-order valence-electron chi connectivity index (χ0n) is 20.8. The summed E-state index contributed by atoms with van der Waals surface area (Å²) in [6.07, 6.45) is -2.43. The molecule has 0 aliphatic carbocycles. The Morgan fingerprint density at radius 3 is 2.58 bits per heavy atom. The van der Waals surface area contributed by atoms with Crippen LogP contribution in [0.15, 0.2) is 30.6 Å². The lowest BCUT2D eigenvalue weighted by Crippen LogP contribution is -2.57. The molecule has 11 heteroatoms. The lowest BCUT2D eigenvalue weighted by atomic mass is 10.00. The van der Waals surface area contributed by atoms with Crippen LogP contribution in [-0.2, 0) is 13.2 Å². The summed E-state index contributed by atoms with van der Waals surface area (Å²) in [5.74, 6) is -0.206. The molecule has 3 aromatic rings. The summed E-state index contributed by atoms with van der Waals surface area (Å²) in [5.41, 5.74) is 0.832. The highest BCUT2D eigenvalue weighted by molar-refractivity contribution is 5.85. The molecule has 1 saturated heterocycles. The molecule has 1 aromatic carbocycles. The second-order valence-corrected chi connectivity index (χ2v) is 9.61. The number of halogens is 4. The van der Waals surface area contributed by atoms with Crippen LogP contribution in [0.3, 0.4) is 0 Å². The number of pyridine rings is 1. The third-order valence-corrected chi connectivity index (χ3v) is 6.67. The van der Waals surface area contributed by atoms with Gasteiger partial charge in [-0.15, -0.1) is 12.4 Å². The number of likely N-dealkylation sites (N-methyl/N-ethyl adjacent to an activating group) is 1. The van der Waals surface area contributed by atoms with Crippen LogP contribution in [0.1, 0.15) is 31.5 Å². The summed E-state index contributed by atoms with van der Waals surface area (Å²) in [6, 6.07) is 7.52. The number of alkyl halides is 3. The maximum atomic E-state index is 13.9. The number of aryl methyl sites for hydroxylation is 1. The monoisotopic (exact) mass is 522 g/mol. The summed E-state index contributed by atoms with van der Waals surface area (Å²) in [7, 11) is 3.86. The fourth-order valence-corrected chi connectivity index (χ4v) is 4.39. The van der Waals surface area contributed by atoms with Gasteiger partial charge in [0.2, 0.25) is 0 Å². The van der Waals surface area contributed by atoms with Gasteiger partial charge in [0, 0.05) is 44.3 Å². The molecule has 194 valence electrons. The smallest absolute Gasteiger partial charge is 0.419 e. The zero-order chi connectivity index (χ0) is 25.4. The highest BCUT2D eigenvalue weighted by atomic mass is 35.5. The van der Waals surface area contributed by atoms with E-state index in [9.17, 15) is 18.4 Å². The first-order valence-corrected chi connectivity index (χ1v) is 11.5. The molecule has 1 fully saturated rings. The molecule has 3 heterocycles. The fourth-order valence-electron chi connectivity index (χ4n) is 4.39. The van der Waals surface area contributed by atoms with Crippen molar-refractivity contribution in [2.75, 3.05) is 39.8 Å². The van der Waals surface area contributed by atoms with Crippen LogP contribution in [0, 0.1) is 11.3 Å². The number of hydrogen-bond donors (Lipinski definition) is 0. The summed E-state index contributed by atoms with van der Waals surface area (Å²) in [5, 5.41) is 9.43. The largest absolute Gasteiger partial charge is 0.493 e. The van der Waals surface area contributed by atoms with E-state index in [1.165, 1.54) is 12.4 Å². The van der Waals surface area contributed by atoms with E-state index in [0.717, 1.165) is 32.2 Å². The number of piperazine rings is 1. The Balaban J connectivity index is 0.00000361. The number of fused-ring (bicyclic) bond motifs is 1. The van der Waals surface area contributed by atoms with Crippen molar-refractivity contribution in [2.24, 2.45) is 7.05 Å². The Bertz CT molecular complexity index is 1270. The molecular formula is C25H30ClF3N6O. The molecule has 0 bridgehead atoms. The summed E-state index contributed by atoms with van der Waals surface area (Å²) in [4.78, 5) is 13.0. The number of ether oxygens (including phenoxy) is 1. The van der Waals surface area contributed by atoms with Crippen molar-refractivity contribution >= 4 is 23.4 Å². The van der Waals surface area contributed by atoms with Crippen LogP contribution >= 0.6 is 12.4 Å². The van der Waals surface area contributed by atoms with Crippen LogP contribution in [-0.4, -0.2) is 69.7 Å². The van der Waals surface area contributed by atoms with Crippen LogP contribution in [0.25, 0.3) is 22.3 Å². The van der Waals surface area contributed by atoms with Gasteiger partial charge in [-0.05, 0) is 51.6 Å². The average Bonchev–Trinajstić information content (AvgIpc) is 3.18. The molecule has 0 amide bonds. The first-order valence-electron chi connectivity index (χ1n) is 11.5. The normalized spacial score (nSPS) is 16.5. The van der Waals surface area contributed by atoms with E-state index >= 15 is 0 Å². The van der Waals surface area contributed by atoms with E-state index in [4.69, 9.17) is 4.74 Å². The van der Waals surface area contributed by atoms with Crippen molar-refractivity contribution in [1.82, 2.24) is 24.3 Å². The Morgan fingerprint density at radius 1 is 1.17 bits per heavy atom. The average molecular weight is 523 g/mol. The SMILES string of the molecule is CN1CCN(CCCOc2ccc(-c3cc4c(ncn4C)c(C#N)n3)cc2C(F)(F)F)CC1(C)C.Cl. The Hall–Kier alpha value is -2.87. The van der Waals surface area contributed by atoms with Gasteiger partial charge in [-0.1, -0.05) is 0 Å². The van der Waals surface area contributed by atoms with E-state index in [-0.39, 0.29) is 47.3 Å². The minimum Gasteiger partial charge on any atom is -0.493 e. The topological polar surface area (TPSA) is 70.2 Å². The highest BCUT2D eigenvalue weighted by Gasteiger charge is 2.35. The number of nitrogens with zero attached hydrogens (tertiary/aromatic N) is 6. The van der Waals surface area contributed by atoms with E-state index in [1.807, 2.05) is 6.07 Å². The molecule has 0 radical (unpaired) electrons. The first-order chi connectivity index (χ1) is 16.5. The minimum absolute atomic E-state index is 0. The third kappa shape index (κ3) is 5.75. The van der Waals surface area contributed by atoms with E-state index in [0.29, 0.717) is 17.5 Å². The van der Waals surface area contributed by atoms with Crippen LogP contribution in [0.4, 0.5) is 13.2 Å². The molecule has 0 spiro atoms. The summed E-state index contributed by atoms with van der Waals surface area (Å²) < 4.78 is 49.0. The molecule has 4 rings (SSSR count). The van der Waals surface area contributed by atoms with E-state index in [1.54, 1.807) is 23.7 Å². The fraction of sp³-hybridized carbons (Fsp3) is 0.480. The Labute approximate surface area is 214 Å². The molecule has 0 N–H and O–H groups in total. The van der Waals surface area contributed by atoms with Crippen molar-refractivity contribution in [3.8, 4) is 23.1 Å². The van der Waals surface area contributed by atoms with Gasteiger partial charge in [0.1, 0.15) is 17.3 Å². The van der Waals surface area contributed by atoms with Gasteiger partial charge < -0.3 is 14.2 Å². The van der Waals surface area contributed by atoms with Gasteiger partial charge in [-0.2, -0.15) is 18.4 Å². The van der Waals surface area contributed by atoms with E-state index < -0.39 is 11.7 Å². The van der Waals surface area contributed by atoms with Crippen molar-refractivity contribution in [3.05, 3.63) is 41.9 Å². The molecule has 36 heavy (non-hydrogen) atoms. The molecule has 0 saturated carbocycles. The Kier molecular flexibility index (Phi) is 8.18. The number of imidazole rings is 1. The van der Waals surface area contributed by atoms with Gasteiger partial charge in [-0.3, -0.25) is 4.90 Å². The van der Waals surface area contributed by atoms with Gasteiger partial charge in [0.25, 0.3) is 0 Å². The van der Waals surface area contributed by atoms with Crippen LogP contribution in [0.2, 0.25) is 0 Å². The third-order valence-electron chi connectivity index (χ3n) is 6.67. The van der Waals surface area contributed by atoms with Crippen LogP contribution in [0.5, 0.6) is 5.75 Å². The van der Waals surface area contributed by atoms with Gasteiger partial charge in [0.05, 0.1) is 29.7 Å². The molecule has 2 aromatic heterocycles. The predicted molar refractivity (Wildman–Crippen MR) is 134 cm³/mol. The second kappa shape index (κ2) is 10.6. The zero-order valence-corrected chi connectivity index (χ0v) is 21.6. The predicted octanol–water partition coefficient (Wildman–Crippen LogP) is 4.74. The molecule has 7 nitrogen and oxygen atoms in total. The van der Waals surface area contributed by atoms with Crippen molar-refractivity contribution in [1.29, 1.82) is 5.26 Å². The lowest BCUT2D eigenvalue weighted by molar-refractivity contribution is -0.138. The molecule has 0 atom stereocenters. The van der Waals surface area contributed by atoms with Gasteiger partial charge in [-0.25, -0.2) is 9.97 Å². The number of hydrogen-bond acceptors (Lipinski definition) is 6. The van der Waals surface area contributed by atoms with Crippen molar-refractivity contribution in [3.63, 3.8) is 0 Å². The van der Waals surface area contributed by atoms with E-state index in [2.05, 4.69) is 40.7 Å². The minimum atomic E-state index is -4.60. The second-order valence-electron chi connectivity index (χ2n) is 9.61. The standard InChI is InChI=1S/C25H29F3N6O.ClH/c1-24(2)15-34(10-9-33(24)4)8-5-11-35-22-7-6-17(12-18(22)25(26,27)28)19-13-21-23(20(14-29)31-19)30-16-32(21)3;/h6-7,12-13,16H,5,8-11,15H2,1-4H3;1H. The number of aromatic nitrogens is 3. The molecule has 0 unspecified atom stereocenters. The first kappa shape index (κ1) is 27.7. The maximum absolute atomic E-state index is 13.9. The van der Waals surface area contributed by atoms with Crippen molar-refractivity contribution < 1.29 is 17.9 Å². The van der Waals surface area contributed by atoms with Gasteiger partial charge >= 0.3 is 6.18 Å². The molecule has 1 aliphatic heterocycles. The van der Waals surface area contributed by atoms with Crippen molar-refractivity contribution in [2.45, 2.75) is 32.0 Å². The summed E-state index contributed by atoms with van der Waals surface area (Å²) in [6.45, 7) is 8.13. The number of rotatable bonds is 6. The van der Waals surface area contributed by atoms with Gasteiger partial charge in [0.15, 0.2) is 5.69 Å². The molecular weight excluding hydrogens is 493 g/mol. The number of nitriles is 1. The maximum Gasteiger partial charge on any atom is 0.419 e. The quantitative estimate of drug-likeness (QED) is 0.435. The number of benzene rings is 1. The highest BCUT2D eigenvalue weighted by Crippen LogP contribution is 2.39. The molecule has 1 aliphatic rings.